The van der Waals surface area contributed by atoms with Gasteiger partial charge in [-0.3, -0.25) is 24.0 Å². The number of rotatable bonds is 2. The number of Topliss-reactive ketones (excluding diaryl/α,β-unsaturated/α-hetero) is 2. The Balaban J connectivity index is 1.81. The molecule has 3 saturated carbocycles. The number of allylic oxidation sites excluding steroid dienone is 2. The lowest BCUT2D eigenvalue weighted by molar-refractivity contribution is -0.216. The van der Waals surface area contributed by atoms with E-state index in [2.05, 4.69) is 0 Å². The molecule has 0 aromatic heterocycles. The molecule has 0 amide bonds. The Morgan fingerprint density at radius 3 is 2.27 bits per heavy atom. The van der Waals surface area contributed by atoms with E-state index in [0.29, 0.717) is 18.4 Å². The second-order valence-electron chi connectivity index (χ2n) is 13.0. The lowest BCUT2D eigenvalue weighted by atomic mass is 9.33. The van der Waals surface area contributed by atoms with E-state index in [1.54, 1.807) is 13.8 Å². The quantitative estimate of drug-likeness (QED) is 0.254. The minimum absolute atomic E-state index is 0.107. The molecule has 9 nitrogen and oxygen atoms in total. The summed E-state index contributed by atoms with van der Waals surface area (Å²) in [5.74, 6) is -4.36. The number of esters is 3. The van der Waals surface area contributed by atoms with Gasteiger partial charge in [-0.2, -0.15) is 0 Å². The van der Waals surface area contributed by atoms with Gasteiger partial charge in [-0.05, 0) is 40.0 Å². The Bertz CT molecular complexity index is 1200. The van der Waals surface area contributed by atoms with Crippen LogP contribution < -0.4 is 0 Å². The van der Waals surface area contributed by atoms with Crippen molar-refractivity contribution in [2.45, 2.75) is 85.5 Å². The van der Waals surface area contributed by atoms with Crippen molar-refractivity contribution in [2.24, 2.45) is 38.9 Å². The minimum atomic E-state index is -2.40. The number of methoxy groups -OCH3 is 1. The van der Waals surface area contributed by atoms with E-state index < -0.39 is 80.3 Å². The van der Waals surface area contributed by atoms with Gasteiger partial charge in [0.05, 0.1) is 17.9 Å². The first-order valence-corrected chi connectivity index (χ1v) is 12.9. The predicted molar refractivity (Wildman–Crippen MR) is 128 cm³/mol. The lowest BCUT2D eigenvalue weighted by Gasteiger charge is -2.66. The van der Waals surface area contributed by atoms with Crippen molar-refractivity contribution >= 4 is 29.5 Å². The molecule has 1 N–H and O–H groups in total. The summed E-state index contributed by atoms with van der Waals surface area (Å²) in [7, 11) is 1.17. The van der Waals surface area contributed by atoms with Crippen LogP contribution >= 0.6 is 0 Å². The van der Waals surface area contributed by atoms with Gasteiger partial charge < -0.3 is 19.3 Å². The molecule has 4 fully saturated rings. The Labute approximate surface area is 216 Å². The van der Waals surface area contributed by atoms with Gasteiger partial charge in [0.15, 0.2) is 22.6 Å². The average molecular weight is 517 g/mol. The summed E-state index contributed by atoms with van der Waals surface area (Å²) in [5, 5.41) is 11.2. The first kappa shape index (κ1) is 26.1. The van der Waals surface area contributed by atoms with Crippen molar-refractivity contribution in [2.75, 3.05) is 7.11 Å². The summed E-state index contributed by atoms with van der Waals surface area (Å²) in [6.07, 6.45) is 1.57. The molecule has 1 saturated heterocycles. The molecule has 4 aliphatic carbocycles. The molecule has 202 valence electrons. The number of ether oxygens (including phenoxy) is 3. The summed E-state index contributed by atoms with van der Waals surface area (Å²) in [4.78, 5) is 67.6. The van der Waals surface area contributed by atoms with E-state index in [1.807, 2.05) is 19.9 Å². The molecule has 9 atom stereocenters. The number of fused-ring (bicyclic) bond motifs is 3. The van der Waals surface area contributed by atoms with E-state index in [9.17, 15) is 29.1 Å². The summed E-state index contributed by atoms with van der Waals surface area (Å²) in [6.45, 7) is 11.4. The van der Waals surface area contributed by atoms with Gasteiger partial charge in [-0.1, -0.05) is 32.4 Å². The molecule has 0 unspecified atom stereocenters. The van der Waals surface area contributed by atoms with Crippen molar-refractivity contribution < 1.29 is 43.3 Å². The fourth-order valence-electron chi connectivity index (χ4n) is 9.75. The summed E-state index contributed by atoms with van der Waals surface area (Å²) in [5.41, 5.74) is -8.71. The molecule has 0 aromatic rings. The number of aliphatic hydroxyl groups is 1. The van der Waals surface area contributed by atoms with Crippen molar-refractivity contribution in [1.82, 2.24) is 0 Å². The summed E-state index contributed by atoms with van der Waals surface area (Å²) >= 11 is 0. The van der Waals surface area contributed by atoms with Crippen LogP contribution in [-0.2, 0) is 38.2 Å². The highest BCUT2D eigenvalue weighted by Crippen LogP contribution is 2.78. The molecule has 0 spiro atoms. The molecule has 0 aromatic carbocycles. The van der Waals surface area contributed by atoms with Gasteiger partial charge in [0.25, 0.3) is 0 Å². The van der Waals surface area contributed by atoms with Gasteiger partial charge >= 0.3 is 17.9 Å². The molecule has 2 bridgehead atoms. The van der Waals surface area contributed by atoms with Crippen LogP contribution in [-0.4, -0.2) is 59.5 Å². The zero-order valence-electron chi connectivity index (χ0n) is 22.7. The number of ketones is 2. The second kappa shape index (κ2) is 7.10. The SMILES string of the molecule is COC(=O)[C@@]12C(=O)[C@@](C)(O)C(=O)[C@]1(C)C(C)=C[C@@H]1[C@]34CC[C@H](OC(C)=O)C(C)(C)[C@H]3[C@H](C[C@@]12C)OC4=O. The smallest absolute Gasteiger partial charge is 0.321 e. The Hall–Kier alpha value is -2.55. The maximum Gasteiger partial charge on any atom is 0.321 e. The zero-order valence-corrected chi connectivity index (χ0v) is 22.7. The molecular weight excluding hydrogens is 480 g/mol. The lowest BCUT2D eigenvalue weighted by Crippen LogP contribution is -2.71. The van der Waals surface area contributed by atoms with E-state index in [-0.39, 0.29) is 12.3 Å². The second-order valence-corrected chi connectivity index (χ2v) is 13.0. The first-order chi connectivity index (χ1) is 16.9. The monoisotopic (exact) mass is 516 g/mol. The van der Waals surface area contributed by atoms with Gasteiger partial charge in [-0.15, -0.1) is 0 Å². The molecular formula is C28H36O9. The Morgan fingerprint density at radius 2 is 1.70 bits per heavy atom. The van der Waals surface area contributed by atoms with Crippen LogP contribution in [0.1, 0.15) is 67.7 Å². The highest BCUT2D eigenvalue weighted by molar-refractivity contribution is 6.30. The third-order valence-electron chi connectivity index (χ3n) is 11.2. The van der Waals surface area contributed by atoms with Crippen LogP contribution in [0, 0.1) is 38.9 Å². The van der Waals surface area contributed by atoms with Crippen molar-refractivity contribution in [3.05, 3.63) is 11.6 Å². The van der Waals surface area contributed by atoms with Crippen LogP contribution in [0.2, 0.25) is 0 Å². The zero-order chi connectivity index (χ0) is 27.7. The molecule has 1 heterocycles. The third-order valence-corrected chi connectivity index (χ3v) is 11.2. The van der Waals surface area contributed by atoms with E-state index in [1.165, 1.54) is 21.0 Å². The Morgan fingerprint density at radius 1 is 1.08 bits per heavy atom. The van der Waals surface area contributed by atoms with Gasteiger partial charge in [-0.25, -0.2) is 0 Å². The Kier molecular flexibility index (Phi) is 5.00. The first-order valence-electron chi connectivity index (χ1n) is 12.9. The largest absolute Gasteiger partial charge is 0.468 e. The number of hydrogen-bond donors (Lipinski definition) is 1. The average Bonchev–Trinajstić information content (AvgIpc) is 3.11. The third kappa shape index (κ3) is 2.44. The van der Waals surface area contributed by atoms with Crippen LogP contribution in [0.3, 0.4) is 0 Å². The van der Waals surface area contributed by atoms with Crippen LogP contribution in [0.5, 0.6) is 0 Å². The topological polar surface area (TPSA) is 133 Å². The van der Waals surface area contributed by atoms with E-state index in [0.717, 1.165) is 6.92 Å². The fourth-order valence-corrected chi connectivity index (χ4v) is 9.75. The molecule has 1 aliphatic heterocycles. The molecule has 9 heteroatoms. The molecule has 37 heavy (non-hydrogen) atoms. The van der Waals surface area contributed by atoms with Crippen molar-refractivity contribution in [3.63, 3.8) is 0 Å². The van der Waals surface area contributed by atoms with E-state index in [4.69, 9.17) is 14.2 Å². The van der Waals surface area contributed by atoms with Gasteiger partial charge in [0, 0.05) is 29.6 Å². The number of carbonyl (C=O) groups is 5. The number of hydrogen-bond acceptors (Lipinski definition) is 9. The van der Waals surface area contributed by atoms with Gasteiger partial charge in [0.1, 0.15) is 12.2 Å². The van der Waals surface area contributed by atoms with E-state index >= 15 is 0 Å². The molecule has 5 aliphatic rings. The molecule has 5 rings (SSSR count). The normalized spacial score (nSPS) is 49.3. The maximum absolute atomic E-state index is 14.2. The van der Waals surface area contributed by atoms with Crippen molar-refractivity contribution in [1.29, 1.82) is 0 Å². The summed E-state index contributed by atoms with van der Waals surface area (Å²) in [6, 6.07) is 0. The van der Waals surface area contributed by atoms with Crippen LogP contribution in [0.15, 0.2) is 11.6 Å². The predicted octanol–water partition coefficient (Wildman–Crippen LogP) is 2.32. The number of carbonyl (C=O) groups excluding carboxylic acids is 5. The van der Waals surface area contributed by atoms with Crippen molar-refractivity contribution in [3.8, 4) is 0 Å². The maximum atomic E-state index is 14.2. The van der Waals surface area contributed by atoms with Crippen LogP contribution in [0.4, 0.5) is 0 Å². The standard InChI is InChI=1S/C28H36O9/c1-13-11-16-24(5,28(22(33)35-8)20(31)26(7,34)19(30)25(13,28)6)12-15-18-23(3,4)17(36-14(2)29)9-10-27(16,18)21(32)37-15/h11,15-18,34H,9-10,12H2,1-8H3/t15-,16-,17-,18+,24-,25-,26-,27+,28+/m0/s1. The minimum Gasteiger partial charge on any atom is -0.468 e. The molecule has 0 radical (unpaired) electrons. The fraction of sp³-hybridized carbons (Fsp3) is 0.750. The highest BCUT2D eigenvalue weighted by atomic mass is 16.6. The summed E-state index contributed by atoms with van der Waals surface area (Å²) < 4.78 is 17.0. The highest BCUT2D eigenvalue weighted by Gasteiger charge is 2.88. The van der Waals surface area contributed by atoms with Crippen LogP contribution in [0.25, 0.3) is 0 Å². The van der Waals surface area contributed by atoms with Gasteiger partial charge in [0.2, 0.25) is 0 Å².